The lowest BCUT2D eigenvalue weighted by molar-refractivity contribution is 0.475. The van der Waals surface area contributed by atoms with E-state index in [1.807, 2.05) is 0 Å². The first-order valence-electron chi connectivity index (χ1n) is 6.40. The zero-order valence-corrected chi connectivity index (χ0v) is 11.0. The van der Waals surface area contributed by atoms with Gasteiger partial charge in [-0.1, -0.05) is 12.1 Å². The van der Waals surface area contributed by atoms with Gasteiger partial charge in [-0.3, -0.25) is 13.9 Å². The van der Waals surface area contributed by atoms with Crippen LogP contribution in [-0.2, 0) is 13.1 Å². The largest absolute Gasteiger partial charge is 0.508 e. The fourth-order valence-corrected chi connectivity index (χ4v) is 1.93. The van der Waals surface area contributed by atoms with E-state index in [0.29, 0.717) is 26.1 Å². The second-order valence-electron chi connectivity index (χ2n) is 4.52. The third-order valence-electron chi connectivity index (χ3n) is 3.01. The van der Waals surface area contributed by atoms with Crippen LogP contribution in [-0.4, -0.2) is 20.8 Å². The number of hydrogen-bond donors (Lipinski definition) is 2. The summed E-state index contributed by atoms with van der Waals surface area (Å²) in [5.74, 6) is 0.175. The Morgan fingerprint density at radius 3 is 2.45 bits per heavy atom. The first-order valence-corrected chi connectivity index (χ1v) is 6.40. The van der Waals surface area contributed by atoms with E-state index in [4.69, 9.17) is 5.73 Å². The molecule has 0 amide bonds. The standard InChI is InChI=1S/C14H17N3O3/c15-7-1-8-17-13(19)6-9-16(14(17)20)10-11-2-4-12(18)5-3-11/h2-6,9,18H,1,7-8,10,15H2. The molecule has 1 aromatic heterocycles. The molecule has 0 aliphatic heterocycles. The van der Waals surface area contributed by atoms with Crippen LogP contribution in [0.1, 0.15) is 12.0 Å². The van der Waals surface area contributed by atoms with E-state index in [9.17, 15) is 14.7 Å². The van der Waals surface area contributed by atoms with E-state index in [-0.39, 0.29) is 17.0 Å². The lowest BCUT2D eigenvalue weighted by atomic mass is 10.2. The smallest absolute Gasteiger partial charge is 0.331 e. The summed E-state index contributed by atoms with van der Waals surface area (Å²) >= 11 is 0. The summed E-state index contributed by atoms with van der Waals surface area (Å²) < 4.78 is 2.65. The van der Waals surface area contributed by atoms with Crippen molar-refractivity contribution in [2.24, 2.45) is 5.73 Å². The van der Waals surface area contributed by atoms with E-state index in [1.54, 1.807) is 24.3 Å². The average molecular weight is 275 g/mol. The molecule has 0 fully saturated rings. The number of phenolic OH excluding ortho intramolecular Hbond substituents is 1. The van der Waals surface area contributed by atoms with Gasteiger partial charge >= 0.3 is 5.69 Å². The van der Waals surface area contributed by atoms with Crippen LogP contribution in [0.3, 0.4) is 0 Å². The van der Waals surface area contributed by atoms with Gasteiger partial charge < -0.3 is 10.8 Å². The highest BCUT2D eigenvalue weighted by molar-refractivity contribution is 5.26. The second kappa shape index (κ2) is 6.21. The monoisotopic (exact) mass is 275 g/mol. The number of rotatable bonds is 5. The molecule has 0 aliphatic rings. The molecule has 0 aliphatic carbocycles. The topological polar surface area (TPSA) is 90.2 Å². The number of aromatic nitrogens is 2. The molecule has 106 valence electrons. The summed E-state index contributed by atoms with van der Waals surface area (Å²) in [6, 6.07) is 7.96. The van der Waals surface area contributed by atoms with Crippen LogP contribution >= 0.6 is 0 Å². The fourth-order valence-electron chi connectivity index (χ4n) is 1.93. The predicted octanol–water partition coefficient (Wildman–Crippen LogP) is 0.113. The van der Waals surface area contributed by atoms with Gasteiger partial charge in [0.2, 0.25) is 0 Å². The van der Waals surface area contributed by atoms with Crippen molar-refractivity contribution in [3.05, 3.63) is 62.9 Å². The molecule has 2 aromatic rings. The minimum absolute atomic E-state index is 0.175. The Hall–Kier alpha value is -2.34. The quantitative estimate of drug-likeness (QED) is 0.810. The average Bonchev–Trinajstić information content (AvgIpc) is 2.44. The number of nitrogens with two attached hydrogens (primary N) is 1. The molecule has 0 atom stereocenters. The van der Waals surface area contributed by atoms with E-state index in [0.717, 1.165) is 5.56 Å². The molecule has 0 unspecified atom stereocenters. The van der Waals surface area contributed by atoms with Gasteiger partial charge in [0.25, 0.3) is 5.56 Å². The molecule has 6 heteroatoms. The van der Waals surface area contributed by atoms with Crippen molar-refractivity contribution in [2.75, 3.05) is 6.54 Å². The Kier molecular flexibility index (Phi) is 4.37. The normalized spacial score (nSPS) is 10.7. The molecule has 3 N–H and O–H groups in total. The Bertz CT molecular complexity index is 686. The van der Waals surface area contributed by atoms with Crippen LogP contribution in [0.2, 0.25) is 0 Å². The molecule has 1 heterocycles. The Labute approximate surface area is 115 Å². The van der Waals surface area contributed by atoms with Gasteiger partial charge in [-0.05, 0) is 30.7 Å². The summed E-state index contributed by atoms with van der Waals surface area (Å²) in [6.07, 6.45) is 2.06. The Morgan fingerprint density at radius 2 is 1.80 bits per heavy atom. The van der Waals surface area contributed by atoms with Gasteiger partial charge in [0.05, 0.1) is 6.54 Å². The molecule has 6 nitrogen and oxygen atoms in total. The van der Waals surface area contributed by atoms with Crippen LogP contribution in [0.4, 0.5) is 0 Å². The van der Waals surface area contributed by atoms with Crippen molar-refractivity contribution in [3.63, 3.8) is 0 Å². The van der Waals surface area contributed by atoms with Gasteiger partial charge in [0.15, 0.2) is 0 Å². The summed E-state index contributed by atoms with van der Waals surface area (Å²) in [5.41, 5.74) is 5.61. The second-order valence-corrected chi connectivity index (χ2v) is 4.52. The summed E-state index contributed by atoms with van der Waals surface area (Å²) in [5, 5.41) is 9.23. The number of benzene rings is 1. The van der Waals surface area contributed by atoms with Crippen molar-refractivity contribution < 1.29 is 5.11 Å². The van der Waals surface area contributed by atoms with E-state index < -0.39 is 0 Å². The lowest BCUT2D eigenvalue weighted by Gasteiger charge is -2.09. The minimum Gasteiger partial charge on any atom is -0.508 e. The molecule has 20 heavy (non-hydrogen) atoms. The van der Waals surface area contributed by atoms with Crippen LogP contribution in [0.5, 0.6) is 5.75 Å². The predicted molar refractivity (Wildman–Crippen MR) is 75.8 cm³/mol. The highest BCUT2D eigenvalue weighted by atomic mass is 16.3. The molecule has 0 bridgehead atoms. The summed E-state index contributed by atoms with van der Waals surface area (Å²) in [6.45, 7) is 1.10. The molecule has 0 saturated carbocycles. The molecule has 0 radical (unpaired) electrons. The highest BCUT2D eigenvalue weighted by Gasteiger charge is 2.05. The van der Waals surface area contributed by atoms with Crippen LogP contribution in [0, 0.1) is 0 Å². The van der Waals surface area contributed by atoms with Gasteiger partial charge in [0, 0.05) is 18.8 Å². The van der Waals surface area contributed by atoms with Crippen molar-refractivity contribution in [1.82, 2.24) is 9.13 Å². The maximum Gasteiger partial charge on any atom is 0.331 e. The van der Waals surface area contributed by atoms with Crippen LogP contribution < -0.4 is 17.0 Å². The molecule has 1 aromatic carbocycles. The SMILES string of the molecule is NCCCn1c(=O)ccn(Cc2ccc(O)cc2)c1=O. The molecule has 0 spiro atoms. The van der Waals surface area contributed by atoms with Crippen molar-refractivity contribution in [3.8, 4) is 5.75 Å². The van der Waals surface area contributed by atoms with Crippen molar-refractivity contribution in [2.45, 2.75) is 19.5 Å². The van der Waals surface area contributed by atoms with Crippen LogP contribution in [0.25, 0.3) is 0 Å². The Morgan fingerprint density at radius 1 is 1.10 bits per heavy atom. The summed E-state index contributed by atoms with van der Waals surface area (Å²) in [7, 11) is 0. The van der Waals surface area contributed by atoms with E-state index in [2.05, 4.69) is 0 Å². The summed E-state index contributed by atoms with van der Waals surface area (Å²) in [4.78, 5) is 23.9. The van der Waals surface area contributed by atoms with Crippen molar-refractivity contribution in [1.29, 1.82) is 0 Å². The van der Waals surface area contributed by atoms with Crippen molar-refractivity contribution >= 4 is 0 Å². The first kappa shape index (κ1) is 14.1. The minimum atomic E-state index is -0.348. The molecular weight excluding hydrogens is 258 g/mol. The van der Waals surface area contributed by atoms with Gasteiger partial charge in [0.1, 0.15) is 5.75 Å². The van der Waals surface area contributed by atoms with E-state index >= 15 is 0 Å². The maximum absolute atomic E-state index is 12.2. The van der Waals surface area contributed by atoms with Crippen LogP contribution in [0.15, 0.2) is 46.1 Å². The number of hydrogen-bond acceptors (Lipinski definition) is 4. The first-order chi connectivity index (χ1) is 9.61. The van der Waals surface area contributed by atoms with E-state index in [1.165, 1.54) is 21.4 Å². The Balaban J connectivity index is 2.31. The highest BCUT2D eigenvalue weighted by Crippen LogP contribution is 2.09. The number of aromatic hydroxyl groups is 1. The van der Waals surface area contributed by atoms with Gasteiger partial charge in [-0.25, -0.2) is 4.79 Å². The van der Waals surface area contributed by atoms with Gasteiger partial charge in [-0.2, -0.15) is 0 Å². The third kappa shape index (κ3) is 3.16. The zero-order valence-electron chi connectivity index (χ0n) is 11.0. The third-order valence-corrected chi connectivity index (χ3v) is 3.01. The molecular formula is C14H17N3O3. The fraction of sp³-hybridized carbons (Fsp3) is 0.286. The van der Waals surface area contributed by atoms with Gasteiger partial charge in [-0.15, -0.1) is 0 Å². The maximum atomic E-state index is 12.2. The lowest BCUT2D eigenvalue weighted by Crippen LogP contribution is -2.39. The number of nitrogens with zero attached hydrogens (tertiary/aromatic N) is 2. The molecule has 0 saturated heterocycles. The number of phenols is 1. The zero-order chi connectivity index (χ0) is 14.5. The molecule has 2 rings (SSSR count).